The minimum Gasteiger partial charge on any atom is -0.321 e. The number of piperazine rings is 1. The van der Waals surface area contributed by atoms with Crippen LogP contribution in [-0.2, 0) is 10.0 Å². The third-order valence-electron chi connectivity index (χ3n) is 4.97. The molecule has 1 heterocycles. The standard InChI is InChI=1S/C21H27N3O3S2/c1-4-28-19-8-6-5-7-18(19)22-21(25)17-10-9-16(2)20(15-17)29(26,27)24-13-11-23(3)12-14-24/h5-10,15H,4,11-14H2,1-3H3,(H,22,25). The van der Waals surface area contributed by atoms with Crippen LogP contribution in [0.5, 0.6) is 0 Å². The number of benzene rings is 2. The molecule has 0 unspecified atom stereocenters. The van der Waals surface area contributed by atoms with E-state index < -0.39 is 10.0 Å². The summed E-state index contributed by atoms with van der Waals surface area (Å²) < 4.78 is 27.8. The highest BCUT2D eigenvalue weighted by atomic mass is 32.2. The fourth-order valence-corrected chi connectivity index (χ4v) is 5.67. The normalized spacial score (nSPS) is 16.0. The number of nitrogens with one attached hydrogen (secondary N) is 1. The number of carbonyl (C=O) groups excluding carboxylic acids is 1. The molecule has 0 saturated carbocycles. The van der Waals surface area contributed by atoms with Crippen molar-refractivity contribution in [3.63, 3.8) is 0 Å². The number of thioether (sulfide) groups is 1. The summed E-state index contributed by atoms with van der Waals surface area (Å²) in [4.78, 5) is 16.1. The second kappa shape index (κ2) is 9.30. The van der Waals surface area contributed by atoms with Crippen LogP contribution in [0.2, 0.25) is 0 Å². The lowest BCUT2D eigenvalue weighted by Crippen LogP contribution is -2.47. The predicted molar refractivity (Wildman–Crippen MR) is 118 cm³/mol. The van der Waals surface area contributed by atoms with Crippen LogP contribution < -0.4 is 5.32 Å². The number of nitrogens with zero attached hydrogens (tertiary/aromatic N) is 2. The first-order valence-electron chi connectivity index (χ1n) is 9.65. The Morgan fingerprint density at radius 2 is 1.79 bits per heavy atom. The van der Waals surface area contributed by atoms with Gasteiger partial charge in [0.05, 0.1) is 10.6 Å². The first kappa shape index (κ1) is 21.8. The molecule has 0 radical (unpaired) electrons. The van der Waals surface area contributed by atoms with E-state index in [1.807, 2.05) is 31.3 Å². The Hall–Kier alpha value is -1.87. The molecule has 6 nitrogen and oxygen atoms in total. The van der Waals surface area contributed by atoms with Crippen molar-refractivity contribution in [3.05, 3.63) is 53.6 Å². The second-order valence-electron chi connectivity index (χ2n) is 7.07. The molecule has 1 amide bonds. The number of amides is 1. The highest BCUT2D eigenvalue weighted by Crippen LogP contribution is 2.28. The molecule has 1 saturated heterocycles. The number of rotatable bonds is 6. The van der Waals surface area contributed by atoms with Crippen molar-refractivity contribution in [1.29, 1.82) is 0 Å². The molecule has 0 atom stereocenters. The van der Waals surface area contributed by atoms with Gasteiger partial charge in [-0.3, -0.25) is 4.79 Å². The third kappa shape index (κ3) is 5.01. The second-order valence-corrected chi connectivity index (χ2v) is 10.3. The molecule has 0 aromatic heterocycles. The van der Waals surface area contributed by atoms with Gasteiger partial charge < -0.3 is 10.2 Å². The van der Waals surface area contributed by atoms with E-state index in [0.717, 1.165) is 16.3 Å². The summed E-state index contributed by atoms with van der Waals surface area (Å²) in [5.41, 5.74) is 1.70. The van der Waals surface area contributed by atoms with E-state index in [1.54, 1.807) is 30.8 Å². The monoisotopic (exact) mass is 433 g/mol. The topological polar surface area (TPSA) is 69.7 Å². The van der Waals surface area contributed by atoms with Crippen LogP contribution in [0, 0.1) is 6.92 Å². The van der Waals surface area contributed by atoms with Gasteiger partial charge in [0.15, 0.2) is 0 Å². The molecule has 29 heavy (non-hydrogen) atoms. The zero-order chi connectivity index (χ0) is 21.0. The van der Waals surface area contributed by atoms with E-state index in [-0.39, 0.29) is 10.8 Å². The summed E-state index contributed by atoms with van der Waals surface area (Å²) in [7, 11) is -1.66. The molecule has 0 spiro atoms. The average Bonchev–Trinajstić information content (AvgIpc) is 2.70. The first-order chi connectivity index (χ1) is 13.8. The van der Waals surface area contributed by atoms with Crippen LogP contribution in [0.25, 0.3) is 0 Å². The van der Waals surface area contributed by atoms with E-state index in [2.05, 4.69) is 17.1 Å². The Morgan fingerprint density at radius 3 is 2.48 bits per heavy atom. The van der Waals surface area contributed by atoms with Crippen LogP contribution in [0.1, 0.15) is 22.8 Å². The lowest BCUT2D eigenvalue weighted by molar-refractivity contribution is 0.102. The summed E-state index contributed by atoms with van der Waals surface area (Å²) >= 11 is 1.65. The van der Waals surface area contributed by atoms with Crippen molar-refractivity contribution in [2.24, 2.45) is 0 Å². The van der Waals surface area contributed by atoms with Gasteiger partial charge in [-0.05, 0) is 49.6 Å². The Bertz CT molecular complexity index is 984. The number of hydrogen-bond acceptors (Lipinski definition) is 5. The quantitative estimate of drug-likeness (QED) is 0.708. The van der Waals surface area contributed by atoms with Gasteiger partial charge >= 0.3 is 0 Å². The summed E-state index contributed by atoms with van der Waals surface area (Å²) in [6.07, 6.45) is 0. The Kier molecular flexibility index (Phi) is 7.00. The first-order valence-corrected chi connectivity index (χ1v) is 12.1. The number of sulfonamides is 1. The molecule has 0 aliphatic carbocycles. The Balaban J connectivity index is 1.86. The van der Waals surface area contributed by atoms with Crippen LogP contribution in [-0.4, -0.2) is 62.5 Å². The number of para-hydroxylation sites is 1. The van der Waals surface area contributed by atoms with Crippen LogP contribution in [0.4, 0.5) is 5.69 Å². The molecule has 1 N–H and O–H groups in total. The molecule has 1 aliphatic heterocycles. The van der Waals surface area contributed by atoms with Gasteiger partial charge in [0.25, 0.3) is 5.91 Å². The van der Waals surface area contributed by atoms with Crippen molar-refractivity contribution >= 4 is 33.4 Å². The van der Waals surface area contributed by atoms with Crippen molar-refractivity contribution in [3.8, 4) is 0 Å². The van der Waals surface area contributed by atoms with E-state index in [1.165, 1.54) is 10.4 Å². The van der Waals surface area contributed by atoms with Gasteiger partial charge in [0.1, 0.15) is 0 Å². The van der Waals surface area contributed by atoms with Crippen molar-refractivity contribution in [1.82, 2.24) is 9.21 Å². The molecule has 156 valence electrons. The predicted octanol–water partition coefficient (Wildman–Crippen LogP) is 3.30. The van der Waals surface area contributed by atoms with Crippen molar-refractivity contribution < 1.29 is 13.2 Å². The van der Waals surface area contributed by atoms with Crippen LogP contribution in [0.3, 0.4) is 0 Å². The Morgan fingerprint density at radius 1 is 1.10 bits per heavy atom. The van der Waals surface area contributed by atoms with Gasteiger partial charge in [0, 0.05) is 36.6 Å². The van der Waals surface area contributed by atoms with Crippen molar-refractivity contribution in [2.75, 3.05) is 44.3 Å². The summed E-state index contributed by atoms with van der Waals surface area (Å²) in [5, 5.41) is 2.92. The van der Waals surface area contributed by atoms with Gasteiger partial charge in [-0.15, -0.1) is 11.8 Å². The summed E-state index contributed by atoms with van der Waals surface area (Å²) in [6.45, 7) is 6.12. The zero-order valence-corrected chi connectivity index (χ0v) is 18.6. The minimum absolute atomic E-state index is 0.200. The lowest BCUT2D eigenvalue weighted by Gasteiger charge is -2.32. The molecular weight excluding hydrogens is 406 g/mol. The minimum atomic E-state index is -3.64. The third-order valence-corrected chi connectivity index (χ3v) is 7.96. The van der Waals surface area contributed by atoms with Gasteiger partial charge in [-0.2, -0.15) is 4.31 Å². The van der Waals surface area contributed by atoms with E-state index in [9.17, 15) is 13.2 Å². The van der Waals surface area contributed by atoms with E-state index in [4.69, 9.17) is 0 Å². The molecule has 1 fully saturated rings. The molecular formula is C21H27N3O3S2. The number of anilines is 1. The highest BCUT2D eigenvalue weighted by Gasteiger charge is 2.29. The zero-order valence-electron chi connectivity index (χ0n) is 17.0. The lowest BCUT2D eigenvalue weighted by atomic mass is 10.1. The van der Waals surface area contributed by atoms with E-state index in [0.29, 0.717) is 37.3 Å². The number of likely N-dealkylation sites (N-methyl/N-ethyl adjacent to an activating group) is 1. The SMILES string of the molecule is CCSc1ccccc1NC(=O)c1ccc(C)c(S(=O)(=O)N2CCN(C)CC2)c1. The molecule has 2 aromatic carbocycles. The largest absolute Gasteiger partial charge is 0.321 e. The van der Waals surface area contributed by atoms with Gasteiger partial charge in [-0.1, -0.05) is 25.1 Å². The average molecular weight is 434 g/mol. The van der Waals surface area contributed by atoms with Gasteiger partial charge in [0.2, 0.25) is 10.0 Å². The molecule has 1 aliphatic rings. The van der Waals surface area contributed by atoms with Crippen molar-refractivity contribution in [2.45, 2.75) is 23.6 Å². The fourth-order valence-electron chi connectivity index (χ4n) is 3.23. The molecule has 0 bridgehead atoms. The molecule has 2 aromatic rings. The maximum absolute atomic E-state index is 13.2. The number of hydrogen-bond donors (Lipinski definition) is 1. The molecule has 8 heteroatoms. The fraction of sp³-hybridized carbons (Fsp3) is 0.381. The molecule has 3 rings (SSSR count). The van der Waals surface area contributed by atoms with Gasteiger partial charge in [-0.25, -0.2) is 8.42 Å². The highest BCUT2D eigenvalue weighted by molar-refractivity contribution is 7.99. The number of aryl methyl sites for hydroxylation is 1. The summed E-state index contributed by atoms with van der Waals surface area (Å²) in [5.74, 6) is 0.578. The Labute approximate surface area is 177 Å². The van der Waals surface area contributed by atoms with Crippen LogP contribution in [0.15, 0.2) is 52.3 Å². The maximum atomic E-state index is 13.2. The van der Waals surface area contributed by atoms with E-state index >= 15 is 0 Å². The summed E-state index contributed by atoms with van der Waals surface area (Å²) in [6, 6.07) is 12.5. The smallest absolute Gasteiger partial charge is 0.255 e. The maximum Gasteiger partial charge on any atom is 0.255 e. The van der Waals surface area contributed by atoms with Crippen LogP contribution >= 0.6 is 11.8 Å². The number of carbonyl (C=O) groups is 1.